The summed E-state index contributed by atoms with van der Waals surface area (Å²) in [6.07, 6.45) is 7.67. The molecule has 2 aromatic carbocycles. The Kier molecular flexibility index (Phi) is 7.89. The molecular weight excluding hydrogens is 280 g/mol. The zero-order valence-corrected chi connectivity index (χ0v) is 14.6. The minimum absolute atomic E-state index is 0.352. The van der Waals surface area contributed by atoms with Gasteiger partial charge in [-0.25, -0.2) is 0 Å². The monoisotopic (exact) mass is 310 g/mol. The molecule has 0 aliphatic rings. The molecule has 0 fully saturated rings. The van der Waals surface area contributed by atoms with E-state index in [1.165, 1.54) is 24.0 Å². The Morgan fingerprint density at radius 2 is 1.04 bits per heavy atom. The molecule has 1 nitrogen and oxygen atoms in total. The molecule has 2 aromatic rings. The van der Waals surface area contributed by atoms with Crippen LogP contribution in [0.15, 0.2) is 60.7 Å². The van der Waals surface area contributed by atoms with E-state index in [2.05, 4.69) is 74.5 Å². The number of benzene rings is 2. The fraction of sp³-hybridized carbons (Fsp3) is 0.455. The van der Waals surface area contributed by atoms with Crippen LogP contribution in [0.4, 0.5) is 0 Å². The summed E-state index contributed by atoms with van der Waals surface area (Å²) in [6, 6.07) is 21.4. The maximum absolute atomic E-state index is 6.13. The van der Waals surface area contributed by atoms with Crippen molar-refractivity contribution in [3.8, 4) is 0 Å². The van der Waals surface area contributed by atoms with E-state index < -0.39 is 0 Å². The molecule has 0 aliphatic carbocycles. The highest BCUT2D eigenvalue weighted by Crippen LogP contribution is 2.13. The fourth-order valence-electron chi connectivity index (χ4n) is 3.01. The molecule has 0 saturated carbocycles. The molecule has 124 valence electrons. The van der Waals surface area contributed by atoms with E-state index in [9.17, 15) is 0 Å². The SMILES string of the molecule is CC(CCCc1ccccc1)OC(C)CCCc1ccccc1. The zero-order valence-electron chi connectivity index (χ0n) is 14.6. The summed E-state index contributed by atoms with van der Waals surface area (Å²) in [5, 5.41) is 0. The minimum atomic E-state index is 0.352. The summed E-state index contributed by atoms with van der Waals surface area (Å²) in [7, 11) is 0. The van der Waals surface area contributed by atoms with Crippen molar-refractivity contribution in [2.75, 3.05) is 0 Å². The quantitative estimate of drug-likeness (QED) is 0.537. The van der Waals surface area contributed by atoms with Gasteiger partial charge in [-0.1, -0.05) is 60.7 Å². The lowest BCUT2D eigenvalue weighted by molar-refractivity contribution is -0.00162. The lowest BCUT2D eigenvalue weighted by atomic mass is 10.1. The summed E-state index contributed by atoms with van der Waals surface area (Å²) >= 11 is 0. The van der Waals surface area contributed by atoms with Gasteiger partial charge in [-0.15, -0.1) is 0 Å². The van der Waals surface area contributed by atoms with E-state index in [0.717, 1.165) is 25.7 Å². The van der Waals surface area contributed by atoms with Crippen LogP contribution in [0.25, 0.3) is 0 Å². The maximum Gasteiger partial charge on any atom is 0.0550 e. The van der Waals surface area contributed by atoms with Crippen LogP contribution in [-0.2, 0) is 17.6 Å². The van der Waals surface area contributed by atoms with Crippen LogP contribution >= 0.6 is 0 Å². The van der Waals surface area contributed by atoms with E-state index in [1.807, 2.05) is 0 Å². The first kappa shape index (κ1) is 17.7. The van der Waals surface area contributed by atoms with Gasteiger partial charge in [-0.3, -0.25) is 0 Å². The summed E-state index contributed by atoms with van der Waals surface area (Å²) in [5.41, 5.74) is 2.85. The number of ether oxygens (including phenoxy) is 1. The van der Waals surface area contributed by atoms with Gasteiger partial charge in [0.05, 0.1) is 12.2 Å². The van der Waals surface area contributed by atoms with Crippen molar-refractivity contribution >= 4 is 0 Å². The lowest BCUT2D eigenvalue weighted by Crippen LogP contribution is -2.17. The first-order chi connectivity index (χ1) is 11.2. The highest BCUT2D eigenvalue weighted by atomic mass is 16.5. The second-order valence-corrected chi connectivity index (χ2v) is 6.51. The largest absolute Gasteiger partial charge is 0.376 e. The summed E-state index contributed by atoms with van der Waals surface area (Å²) in [6.45, 7) is 4.41. The third-order valence-electron chi connectivity index (χ3n) is 4.30. The van der Waals surface area contributed by atoms with Gasteiger partial charge in [0.25, 0.3) is 0 Å². The van der Waals surface area contributed by atoms with Crippen molar-refractivity contribution in [3.63, 3.8) is 0 Å². The first-order valence-electron chi connectivity index (χ1n) is 8.97. The number of hydrogen-bond donors (Lipinski definition) is 0. The molecule has 23 heavy (non-hydrogen) atoms. The van der Waals surface area contributed by atoms with Gasteiger partial charge < -0.3 is 4.74 Å². The molecule has 2 unspecified atom stereocenters. The van der Waals surface area contributed by atoms with Crippen LogP contribution in [0.5, 0.6) is 0 Å². The Balaban J connectivity index is 1.56. The van der Waals surface area contributed by atoms with Crippen LogP contribution in [0.2, 0.25) is 0 Å². The molecule has 0 amide bonds. The molecule has 0 radical (unpaired) electrons. The van der Waals surface area contributed by atoms with Crippen LogP contribution in [-0.4, -0.2) is 12.2 Å². The normalized spacial score (nSPS) is 13.7. The summed E-state index contributed by atoms with van der Waals surface area (Å²) < 4.78 is 6.13. The lowest BCUT2D eigenvalue weighted by Gasteiger charge is -2.19. The predicted molar refractivity (Wildman–Crippen MR) is 98.8 cm³/mol. The standard InChI is InChI=1S/C22H30O/c1-19(11-9-17-21-13-5-3-6-14-21)23-20(2)12-10-18-22-15-7-4-8-16-22/h3-8,13-16,19-20H,9-12,17-18H2,1-2H3. The Labute approximate surface area is 141 Å². The van der Waals surface area contributed by atoms with E-state index in [-0.39, 0.29) is 0 Å². The van der Waals surface area contributed by atoms with Crippen molar-refractivity contribution in [3.05, 3.63) is 71.8 Å². The molecule has 0 aliphatic heterocycles. The number of aryl methyl sites for hydroxylation is 2. The van der Waals surface area contributed by atoms with Crippen LogP contribution in [0, 0.1) is 0 Å². The van der Waals surface area contributed by atoms with Crippen molar-refractivity contribution in [1.29, 1.82) is 0 Å². The smallest absolute Gasteiger partial charge is 0.0550 e. The zero-order chi connectivity index (χ0) is 16.3. The molecule has 0 spiro atoms. The second kappa shape index (κ2) is 10.2. The molecule has 2 atom stereocenters. The first-order valence-corrected chi connectivity index (χ1v) is 8.97. The predicted octanol–water partition coefficient (Wildman–Crippen LogP) is 5.83. The highest BCUT2D eigenvalue weighted by molar-refractivity contribution is 5.15. The van der Waals surface area contributed by atoms with E-state index in [1.54, 1.807) is 0 Å². The fourth-order valence-corrected chi connectivity index (χ4v) is 3.01. The summed E-state index contributed by atoms with van der Waals surface area (Å²) in [5.74, 6) is 0. The summed E-state index contributed by atoms with van der Waals surface area (Å²) in [4.78, 5) is 0. The van der Waals surface area contributed by atoms with Gasteiger partial charge in [0.2, 0.25) is 0 Å². The molecule has 0 heterocycles. The second-order valence-electron chi connectivity index (χ2n) is 6.51. The topological polar surface area (TPSA) is 9.23 Å². The van der Waals surface area contributed by atoms with Crippen molar-refractivity contribution < 1.29 is 4.74 Å². The van der Waals surface area contributed by atoms with E-state index in [0.29, 0.717) is 12.2 Å². The molecule has 0 saturated heterocycles. The van der Waals surface area contributed by atoms with Gasteiger partial charge in [0.1, 0.15) is 0 Å². The van der Waals surface area contributed by atoms with E-state index in [4.69, 9.17) is 4.74 Å². The van der Waals surface area contributed by atoms with Crippen molar-refractivity contribution in [1.82, 2.24) is 0 Å². The van der Waals surface area contributed by atoms with Gasteiger partial charge in [-0.05, 0) is 63.5 Å². The number of rotatable bonds is 10. The average molecular weight is 310 g/mol. The highest BCUT2D eigenvalue weighted by Gasteiger charge is 2.08. The van der Waals surface area contributed by atoms with Crippen molar-refractivity contribution in [2.45, 2.75) is 64.6 Å². The van der Waals surface area contributed by atoms with Crippen LogP contribution in [0.3, 0.4) is 0 Å². The average Bonchev–Trinajstić information content (AvgIpc) is 2.57. The third kappa shape index (κ3) is 7.47. The minimum Gasteiger partial charge on any atom is -0.376 e. The number of hydrogen-bond acceptors (Lipinski definition) is 1. The van der Waals surface area contributed by atoms with Crippen LogP contribution < -0.4 is 0 Å². The Morgan fingerprint density at radius 3 is 1.43 bits per heavy atom. The molecule has 0 N–H and O–H groups in total. The molecule has 2 rings (SSSR count). The van der Waals surface area contributed by atoms with E-state index >= 15 is 0 Å². The Morgan fingerprint density at radius 1 is 0.652 bits per heavy atom. The van der Waals surface area contributed by atoms with Crippen molar-refractivity contribution in [2.24, 2.45) is 0 Å². The van der Waals surface area contributed by atoms with Gasteiger partial charge in [-0.2, -0.15) is 0 Å². The third-order valence-corrected chi connectivity index (χ3v) is 4.30. The Bertz CT molecular complexity index is 471. The van der Waals surface area contributed by atoms with Crippen LogP contribution in [0.1, 0.15) is 50.7 Å². The molecule has 1 heteroatoms. The van der Waals surface area contributed by atoms with Gasteiger partial charge >= 0.3 is 0 Å². The molecule has 0 aromatic heterocycles. The molecule has 0 bridgehead atoms. The maximum atomic E-state index is 6.13. The van der Waals surface area contributed by atoms with Gasteiger partial charge in [0.15, 0.2) is 0 Å². The molecular formula is C22H30O. The Hall–Kier alpha value is -1.60. The van der Waals surface area contributed by atoms with Gasteiger partial charge in [0, 0.05) is 0 Å².